The highest BCUT2D eigenvalue weighted by Crippen LogP contribution is 2.43. The summed E-state index contributed by atoms with van der Waals surface area (Å²) in [5, 5.41) is 29.0. The Kier molecular flexibility index (Phi) is 4.61. The number of piperazine rings is 1. The fraction of sp³-hybridized carbons (Fsp3) is 0.500. The number of rotatable bonds is 3. The number of nitriles is 1. The zero-order chi connectivity index (χ0) is 19.1. The predicted octanol–water partition coefficient (Wildman–Crippen LogP) is 0.360. The number of carboxylic acids is 1. The van der Waals surface area contributed by atoms with Gasteiger partial charge in [-0.3, -0.25) is 14.5 Å². The molecule has 2 aliphatic rings. The largest absolute Gasteiger partial charge is 0.485 e. The van der Waals surface area contributed by atoms with Gasteiger partial charge < -0.3 is 19.8 Å². The average Bonchev–Trinajstić information content (AvgIpc) is 2.56. The van der Waals surface area contributed by atoms with Crippen molar-refractivity contribution in [1.29, 1.82) is 5.26 Å². The molecule has 2 aliphatic heterocycles. The second kappa shape index (κ2) is 6.59. The summed E-state index contributed by atoms with van der Waals surface area (Å²) in [6.07, 6.45) is -0.987. The number of aliphatic hydroxyl groups excluding tert-OH is 1. The zero-order valence-corrected chi connectivity index (χ0v) is 14.7. The molecule has 1 aromatic rings. The third-order valence-electron chi connectivity index (χ3n) is 4.87. The van der Waals surface area contributed by atoms with E-state index in [1.165, 1.54) is 0 Å². The monoisotopic (exact) mass is 359 g/mol. The first-order valence-corrected chi connectivity index (χ1v) is 8.37. The molecule has 8 heteroatoms. The number of hydrogen-bond acceptors (Lipinski definition) is 6. The lowest BCUT2D eigenvalue weighted by molar-refractivity contribution is -0.152. The van der Waals surface area contributed by atoms with Gasteiger partial charge in [-0.2, -0.15) is 5.26 Å². The van der Waals surface area contributed by atoms with Crippen molar-refractivity contribution in [3.05, 3.63) is 29.3 Å². The highest BCUT2D eigenvalue weighted by molar-refractivity contribution is 5.81. The van der Waals surface area contributed by atoms with Crippen LogP contribution in [-0.4, -0.2) is 69.8 Å². The maximum atomic E-state index is 12.7. The molecule has 8 nitrogen and oxygen atoms in total. The molecular formula is C18H21N3O5. The molecule has 2 heterocycles. The lowest BCUT2D eigenvalue weighted by atomic mass is 9.84. The second-order valence-electron chi connectivity index (χ2n) is 7.15. The molecule has 0 aliphatic carbocycles. The lowest BCUT2D eigenvalue weighted by Gasteiger charge is -2.48. The highest BCUT2D eigenvalue weighted by Gasteiger charge is 2.47. The maximum Gasteiger partial charge on any atom is 0.317 e. The van der Waals surface area contributed by atoms with E-state index in [1.807, 2.05) is 0 Å². The Morgan fingerprint density at radius 3 is 2.77 bits per heavy atom. The number of hydrogen-bond donors (Lipinski definition) is 2. The molecule has 2 N–H and O–H groups in total. The summed E-state index contributed by atoms with van der Waals surface area (Å²) in [5.41, 5.74) is 0.0988. The Morgan fingerprint density at radius 2 is 2.15 bits per heavy atom. The normalized spacial score (nSPS) is 25.2. The standard InChI is InChI=1S/C18H21N3O5/c1-18(2)17(25)16(12-7-11(8-19)3-4-13(12)26-18)21-6-5-20(9-14(21)22)10-15(23)24/h3-4,7,16-17,25H,5-6,9-10H2,1-2H3,(H,23,24)/t16-,17+/m1/s1. The van der Waals surface area contributed by atoms with E-state index in [0.29, 0.717) is 30.0 Å². The molecular weight excluding hydrogens is 338 g/mol. The average molecular weight is 359 g/mol. The van der Waals surface area contributed by atoms with E-state index < -0.39 is 23.7 Å². The molecule has 138 valence electrons. The van der Waals surface area contributed by atoms with Crippen LogP contribution in [0.4, 0.5) is 0 Å². The van der Waals surface area contributed by atoms with Gasteiger partial charge in [0.15, 0.2) is 0 Å². The van der Waals surface area contributed by atoms with E-state index in [0.717, 1.165) is 0 Å². The molecule has 0 saturated carbocycles. The number of fused-ring (bicyclic) bond motifs is 1. The van der Waals surface area contributed by atoms with Crippen molar-refractivity contribution in [1.82, 2.24) is 9.80 Å². The Morgan fingerprint density at radius 1 is 1.42 bits per heavy atom. The zero-order valence-electron chi connectivity index (χ0n) is 14.7. The van der Waals surface area contributed by atoms with E-state index in [2.05, 4.69) is 6.07 Å². The van der Waals surface area contributed by atoms with Gasteiger partial charge in [-0.05, 0) is 32.0 Å². The van der Waals surface area contributed by atoms with Crippen molar-refractivity contribution in [2.75, 3.05) is 26.2 Å². The molecule has 0 spiro atoms. The van der Waals surface area contributed by atoms with Crippen molar-refractivity contribution in [3.8, 4) is 11.8 Å². The van der Waals surface area contributed by atoms with Crippen LogP contribution >= 0.6 is 0 Å². The van der Waals surface area contributed by atoms with Crippen molar-refractivity contribution in [2.24, 2.45) is 0 Å². The van der Waals surface area contributed by atoms with Gasteiger partial charge in [-0.15, -0.1) is 0 Å². The Balaban J connectivity index is 1.95. The van der Waals surface area contributed by atoms with Gasteiger partial charge in [-0.25, -0.2) is 0 Å². The summed E-state index contributed by atoms with van der Waals surface area (Å²) in [5.74, 6) is -0.708. The minimum Gasteiger partial charge on any atom is -0.485 e. The van der Waals surface area contributed by atoms with Crippen molar-refractivity contribution < 1.29 is 24.5 Å². The van der Waals surface area contributed by atoms with E-state index >= 15 is 0 Å². The Labute approximate surface area is 151 Å². The summed E-state index contributed by atoms with van der Waals surface area (Å²) in [4.78, 5) is 26.7. The van der Waals surface area contributed by atoms with Crippen LogP contribution in [-0.2, 0) is 9.59 Å². The fourth-order valence-corrected chi connectivity index (χ4v) is 3.53. The van der Waals surface area contributed by atoms with Gasteiger partial charge >= 0.3 is 5.97 Å². The van der Waals surface area contributed by atoms with Gasteiger partial charge in [0.25, 0.3) is 0 Å². The summed E-state index contributed by atoms with van der Waals surface area (Å²) in [6, 6.07) is 6.36. The van der Waals surface area contributed by atoms with E-state index in [4.69, 9.17) is 9.84 Å². The molecule has 0 aromatic heterocycles. The van der Waals surface area contributed by atoms with Crippen LogP contribution in [0.5, 0.6) is 5.75 Å². The maximum absolute atomic E-state index is 12.7. The molecule has 0 bridgehead atoms. The van der Waals surface area contributed by atoms with Gasteiger partial charge in [0.1, 0.15) is 17.5 Å². The number of ether oxygens (including phenoxy) is 1. The highest BCUT2D eigenvalue weighted by atomic mass is 16.5. The van der Waals surface area contributed by atoms with E-state index in [9.17, 15) is 20.0 Å². The molecule has 0 radical (unpaired) electrons. The van der Waals surface area contributed by atoms with Crippen molar-refractivity contribution in [2.45, 2.75) is 31.6 Å². The number of nitrogens with zero attached hydrogens (tertiary/aromatic N) is 3. The van der Waals surface area contributed by atoms with Crippen LogP contribution in [0.15, 0.2) is 18.2 Å². The molecule has 1 saturated heterocycles. The first-order chi connectivity index (χ1) is 12.2. The topological polar surface area (TPSA) is 114 Å². The predicted molar refractivity (Wildman–Crippen MR) is 90.4 cm³/mol. The van der Waals surface area contributed by atoms with Crippen molar-refractivity contribution >= 4 is 11.9 Å². The van der Waals surface area contributed by atoms with Crippen LogP contribution in [0, 0.1) is 11.3 Å². The molecule has 3 rings (SSSR count). The second-order valence-corrected chi connectivity index (χ2v) is 7.15. The smallest absolute Gasteiger partial charge is 0.317 e. The SMILES string of the molecule is CC1(C)Oc2ccc(C#N)cc2[C@@H](N2CCN(CC(=O)O)CC2=O)[C@@H]1O. The molecule has 1 fully saturated rings. The summed E-state index contributed by atoms with van der Waals surface area (Å²) in [7, 11) is 0. The Hall–Kier alpha value is -2.63. The quantitative estimate of drug-likeness (QED) is 0.801. The Bertz CT molecular complexity index is 786. The number of carbonyl (C=O) groups excluding carboxylic acids is 1. The van der Waals surface area contributed by atoms with E-state index in [1.54, 1.807) is 41.8 Å². The third kappa shape index (κ3) is 3.23. The van der Waals surface area contributed by atoms with Crippen LogP contribution < -0.4 is 4.74 Å². The number of aliphatic hydroxyl groups is 1. The molecule has 26 heavy (non-hydrogen) atoms. The van der Waals surface area contributed by atoms with Gasteiger partial charge in [0.2, 0.25) is 5.91 Å². The van der Waals surface area contributed by atoms with Crippen molar-refractivity contribution in [3.63, 3.8) is 0 Å². The minimum absolute atomic E-state index is 0.0237. The van der Waals surface area contributed by atoms with Crippen LogP contribution in [0.2, 0.25) is 0 Å². The number of benzene rings is 1. The first kappa shape index (κ1) is 18.2. The summed E-state index contributed by atoms with van der Waals surface area (Å²) in [6.45, 7) is 3.96. The van der Waals surface area contributed by atoms with Gasteiger partial charge in [-0.1, -0.05) is 0 Å². The number of aliphatic carboxylic acids is 1. The minimum atomic E-state index is -0.987. The van der Waals surface area contributed by atoms with Crippen LogP contribution in [0.25, 0.3) is 0 Å². The first-order valence-electron chi connectivity index (χ1n) is 8.37. The van der Waals surface area contributed by atoms with Crippen LogP contribution in [0.1, 0.15) is 31.0 Å². The lowest BCUT2D eigenvalue weighted by Crippen LogP contribution is -2.59. The van der Waals surface area contributed by atoms with Gasteiger partial charge in [0, 0.05) is 18.7 Å². The molecule has 0 unspecified atom stereocenters. The number of amides is 1. The molecule has 2 atom stereocenters. The summed E-state index contributed by atoms with van der Waals surface area (Å²) >= 11 is 0. The number of carboxylic acid groups (broad SMARTS) is 1. The summed E-state index contributed by atoms with van der Waals surface area (Å²) < 4.78 is 5.88. The third-order valence-corrected chi connectivity index (χ3v) is 4.87. The molecule has 1 aromatic carbocycles. The van der Waals surface area contributed by atoms with Crippen LogP contribution in [0.3, 0.4) is 0 Å². The van der Waals surface area contributed by atoms with Gasteiger partial charge in [0.05, 0.1) is 30.8 Å². The molecule has 1 amide bonds. The fourth-order valence-electron chi connectivity index (χ4n) is 3.53. The number of carbonyl (C=O) groups is 2. The van der Waals surface area contributed by atoms with E-state index in [-0.39, 0.29) is 19.0 Å².